The number of guanidine groups is 1. The molecule has 2 aromatic rings. The second-order valence-electron chi connectivity index (χ2n) is 6.00. The summed E-state index contributed by atoms with van der Waals surface area (Å²) in [5.41, 5.74) is 1.13. The molecular formula is C20H29IN4O2. The third kappa shape index (κ3) is 8.94. The SMILES string of the molecule is CCNC(=NCCc1ccco1)NCCC(=O)N(C)Cc1ccccc1.I. The van der Waals surface area contributed by atoms with Crippen LogP contribution < -0.4 is 10.6 Å². The number of hydrogen-bond donors (Lipinski definition) is 2. The number of nitrogens with one attached hydrogen (secondary N) is 2. The van der Waals surface area contributed by atoms with Crippen LogP contribution in [0, 0.1) is 0 Å². The molecule has 0 saturated heterocycles. The van der Waals surface area contributed by atoms with E-state index in [4.69, 9.17) is 4.42 Å². The van der Waals surface area contributed by atoms with Gasteiger partial charge in [-0.25, -0.2) is 0 Å². The van der Waals surface area contributed by atoms with Crippen molar-refractivity contribution in [1.82, 2.24) is 15.5 Å². The van der Waals surface area contributed by atoms with Crippen LogP contribution in [0.4, 0.5) is 0 Å². The monoisotopic (exact) mass is 484 g/mol. The number of furan rings is 1. The highest BCUT2D eigenvalue weighted by Crippen LogP contribution is 2.04. The number of nitrogens with zero attached hydrogens (tertiary/aromatic N) is 2. The summed E-state index contributed by atoms with van der Waals surface area (Å²) < 4.78 is 5.30. The van der Waals surface area contributed by atoms with E-state index in [1.807, 2.05) is 56.4 Å². The fourth-order valence-corrected chi connectivity index (χ4v) is 2.50. The highest BCUT2D eigenvalue weighted by atomic mass is 127. The van der Waals surface area contributed by atoms with Crippen LogP contribution in [-0.4, -0.2) is 43.4 Å². The smallest absolute Gasteiger partial charge is 0.224 e. The van der Waals surface area contributed by atoms with Crippen LogP contribution in [0.5, 0.6) is 0 Å². The average Bonchev–Trinajstić information content (AvgIpc) is 3.16. The van der Waals surface area contributed by atoms with E-state index in [0.717, 1.165) is 30.2 Å². The topological polar surface area (TPSA) is 69.9 Å². The van der Waals surface area contributed by atoms with E-state index in [1.165, 1.54) is 0 Å². The van der Waals surface area contributed by atoms with Crippen LogP contribution in [0.1, 0.15) is 24.7 Å². The summed E-state index contributed by atoms with van der Waals surface area (Å²) in [7, 11) is 1.83. The van der Waals surface area contributed by atoms with Crippen molar-refractivity contribution in [2.75, 3.05) is 26.7 Å². The third-order valence-electron chi connectivity index (χ3n) is 3.87. The molecule has 0 aliphatic carbocycles. The van der Waals surface area contributed by atoms with Crippen molar-refractivity contribution in [3.8, 4) is 0 Å². The van der Waals surface area contributed by atoms with Gasteiger partial charge in [-0.15, -0.1) is 24.0 Å². The molecule has 2 rings (SSSR count). The lowest BCUT2D eigenvalue weighted by Gasteiger charge is -2.18. The van der Waals surface area contributed by atoms with Crippen LogP contribution in [0.3, 0.4) is 0 Å². The maximum absolute atomic E-state index is 12.3. The number of hydrogen-bond acceptors (Lipinski definition) is 3. The first kappa shape index (κ1) is 23.0. The molecule has 0 fully saturated rings. The molecule has 0 atom stereocenters. The molecule has 6 nitrogen and oxygen atoms in total. The number of aliphatic imine (C=N–C) groups is 1. The lowest BCUT2D eigenvalue weighted by atomic mass is 10.2. The van der Waals surface area contributed by atoms with Crippen LogP contribution in [0.2, 0.25) is 0 Å². The van der Waals surface area contributed by atoms with Gasteiger partial charge in [0.25, 0.3) is 0 Å². The fourth-order valence-electron chi connectivity index (χ4n) is 2.50. The van der Waals surface area contributed by atoms with E-state index in [0.29, 0.717) is 26.1 Å². The first-order valence-corrected chi connectivity index (χ1v) is 9.01. The zero-order valence-electron chi connectivity index (χ0n) is 16.0. The van der Waals surface area contributed by atoms with E-state index in [2.05, 4.69) is 15.6 Å². The van der Waals surface area contributed by atoms with E-state index < -0.39 is 0 Å². The number of benzene rings is 1. The highest BCUT2D eigenvalue weighted by molar-refractivity contribution is 14.0. The molecule has 0 unspecified atom stereocenters. The van der Waals surface area contributed by atoms with Crippen molar-refractivity contribution < 1.29 is 9.21 Å². The van der Waals surface area contributed by atoms with Gasteiger partial charge in [0.2, 0.25) is 5.91 Å². The summed E-state index contributed by atoms with van der Waals surface area (Å²) in [6.07, 6.45) is 2.84. The molecule has 27 heavy (non-hydrogen) atoms. The number of halogens is 1. The Hall–Kier alpha value is -2.03. The van der Waals surface area contributed by atoms with Gasteiger partial charge in [0, 0.05) is 46.1 Å². The molecule has 7 heteroatoms. The van der Waals surface area contributed by atoms with Gasteiger partial charge in [0.15, 0.2) is 5.96 Å². The quantitative estimate of drug-likeness (QED) is 0.326. The minimum absolute atomic E-state index is 0. The van der Waals surface area contributed by atoms with Gasteiger partial charge >= 0.3 is 0 Å². The molecule has 1 aromatic carbocycles. The van der Waals surface area contributed by atoms with Crippen molar-refractivity contribution in [2.45, 2.75) is 26.3 Å². The Kier molecular flexibility index (Phi) is 11.2. The van der Waals surface area contributed by atoms with Crippen LogP contribution >= 0.6 is 24.0 Å². The van der Waals surface area contributed by atoms with Crippen LogP contribution in [-0.2, 0) is 17.8 Å². The first-order valence-electron chi connectivity index (χ1n) is 9.01. The summed E-state index contributed by atoms with van der Waals surface area (Å²) in [6.45, 7) is 4.59. The summed E-state index contributed by atoms with van der Waals surface area (Å²) >= 11 is 0. The predicted octanol–water partition coefficient (Wildman–Crippen LogP) is 3.04. The molecule has 1 aromatic heterocycles. The maximum atomic E-state index is 12.3. The lowest BCUT2D eigenvalue weighted by molar-refractivity contribution is -0.130. The Morgan fingerprint density at radius 3 is 2.59 bits per heavy atom. The molecule has 1 amide bonds. The molecule has 0 bridgehead atoms. The van der Waals surface area contributed by atoms with Crippen molar-refractivity contribution in [3.63, 3.8) is 0 Å². The molecule has 0 spiro atoms. The number of amides is 1. The van der Waals surface area contributed by atoms with Gasteiger partial charge in [-0.2, -0.15) is 0 Å². The Morgan fingerprint density at radius 2 is 1.93 bits per heavy atom. The number of carbonyl (C=O) groups is 1. The second-order valence-corrected chi connectivity index (χ2v) is 6.00. The average molecular weight is 484 g/mol. The molecule has 1 heterocycles. The van der Waals surface area contributed by atoms with Crippen molar-refractivity contribution in [2.24, 2.45) is 4.99 Å². The summed E-state index contributed by atoms with van der Waals surface area (Å²) in [5, 5.41) is 6.40. The first-order chi connectivity index (χ1) is 12.7. The maximum Gasteiger partial charge on any atom is 0.224 e. The van der Waals surface area contributed by atoms with Gasteiger partial charge < -0.3 is 20.0 Å². The third-order valence-corrected chi connectivity index (χ3v) is 3.87. The minimum Gasteiger partial charge on any atom is -0.469 e. The van der Waals surface area contributed by atoms with E-state index in [1.54, 1.807) is 11.2 Å². The largest absolute Gasteiger partial charge is 0.469 e. The van der Waals surface area contributed by atoms with Crippen LogP contribution in [0.25, 0.3) is 0 Å². The molecule has 0 aliphatic heterocycles. The minimum atomic E-state index is 0. The van der Waals surface area contributed by atoms with Gasteiger partial charge in [-0.1, -0.05) is 30.3 Å². The van der Waals surface area contributed by atoms with Gasteiger partial charge in [0.1, 0.15) is 5.76 Å². The number of rotatable bonds is 9. The Morgan fingerprint density at radius 1 is 1.15 bits per heavy atom. The van der Waals surface area contributed by atoms with Gasteiger partial charge in [-0.3, -0.25) is 9.79 Å². The highest BCUT2D eigenvalue weighted by Gasteiger charge is 2.09. The van der Waals surface area contributed by atoms with Gasteiger partial charge in [0.05, 0.1) is 6.26 Å². The summed E-state index contributed by atoms with van der Waals surface area (Å²) in [4.78, 5) is 18.5. The molecule has 0 radical (unpaired) electrons. The zero-order valence-corrected chi connectivity index (χ0v) is 18.3. The predicted molar refractivity (Wildman–Crippen MR) is 119 cm³/mol. The second kappa shape index (κ2) is 13.2. The molecular weight excluding hydrogens is 455 g/mol. The van der Waals surface area contributed by atoms with Crippen molar-refractivity contribution in [3.05, 3.63) is 60.1 Å². The molecule has 0 saturated carbocycles. The molecule has 148 valence electrons. The van der Waals surface area contributed by atoms with E-state index >= 15 is 0 Å². The Balaban J connectivity index is 0.00000364. The van der Waals surface area contributed by atoms with E-state index in [-0.39, 0.29) is 29.9 Å². The van der Waals surface area contributed by atoms with Gasteiger partial charge in [-0.05, 0) is 24.6 Å². The lowest BCUT2D eigenvalue weighted by Crippen LogP contribution is -2.39. The zero-order chi connectivity index (χ0) is 18.6. The fraction of sp³-hybridized carbons (Fsp3) is 0.400. The Labute approximate surface area is 178 Å². The van der Waals surface area contributed by atoms with E-state index in [9.17, 15) is 4.79 Å². The summed E-state index contributed by atoms with van der Waals surface area (Å²) in [5.74, 6) is 1.74. The normalized spacial score (nSPS) is 10.8. The van der Waals surface area contributed by atoms with Crippen molar-refractivity contribution in [1.29, 1.82) is 0 Å². The van der Waals surface area contributed by atoms with Crippen LogP contribution in [0.15, 0.2) is 58.1 Å². The summed E-state index contributed by atoms with van der Waals surface area (Å²) in [6, 6.07) is 13.8. The number of carbonyl (C=O) groups excluding carboxylic acids is 1. The standard InChI is InChI=1S/C20H28N4O2.HI/c1-3-21-20(22-13-11-18-10-7-15-26-18)23-14-12-19(25)24(2)16-17-8-5-4-6-9-17;/h4-10,15H,3,11-14,16H2,1-2H3,(H2,21,22,23);1H. The molecule has 2 N–H and O–H groups in total. The Bertz CT molecular complexity index is 675. The molecule has 0 aliphatic rings. The van der Waals surface area contributed by atoms with Crippen molar-refractivity contribution >= 4 is 35.8 Å².